The highest BCUT2D eigenvalue weighted by molar-refractivity contribution is 6.04. The van der Waals surface area contributed by atoms with Gasteiger partial charge in [-0.1, -0.05) is 24.0 Å². The van der Waals surface area contributed by atoms with Crippen molar-refractivity contribution in [2.45, 2.75) is 87.6 Å². The Morgan fingerprint density at radius 2 is 1.39 bits per heavy atom. The number of likely N-dealkylation sites (N-methyl/N-ethyl adjacent to an activating group) is 1. The number of aromatic nitrogens is 4. The number of hydrogen-bond acceptors (Lipinski definition) is 9. The van der Waals surface area contributed by atoms with Crippen LogP contribution in [-0.4, -0.2) is 128 Å². The summed E-state index contributed by atoms with van der Waals surface area (Å²) in [6, 6.07) is 14.4. The topological polar surface area (TPSA) is 195 Å². The first-order chi connectivity index (χ1) is 31.1. The van der Waals surface area contributed by atoms with Crippen LogP contribution in [0.4, 0.5) is 9.59 Å². The first kappa shape index (κ1) is 40.6. The van der Waals surface area contributed by atoms with E-state index in [1.54, 1.807) is 0 Å². The van der Waals surface area contributed by atoms with E-state index in [1.807, 2.05) is 46.2 Å². The number of rotatable bonds is 8. The molecule has 2 aliphatic carbocycles. The van der Waals surface area contributed by atoms with Gasteiger partial charge in [0.25, 0.3) is 0 Å². The Morgan fingerprint density at radius 3 is 2.06 bits per heavy atom. The highest BCUT2D eigenvalue weighted by atomic mass is 16.5. The van der Waals surface area contributed by atoms with Crippen LogP contribution in [0.1, 0.15) is 86.2 Å². The number of nitrogens with zero attached hydrogens (tertiary/aromatic N) is 5. The highest BCUT2D eigenvalue weighted by Gasteiger charge is 2.58. The van der Waals surface area contributed by atoms with Crippen molar-refractivity contribution in [3.63, 3.8) is 0 Å². The summed E-state index contributed by atoms with van der Waals surface area (Å²) in [5.41, 5.74) is 5.01. The predicted molar refractivity (Wildman–Crippen MR) is 234 cm³/mol. The van der Waals surface area contributed by atoms with Crippen molar-refractivity contribution in [1.82, 2.24) is 40.0 Å². The average molecular weight is 869 g/mol. The number of aromatic amines is 2. The molecule has 16 heteroatoms. The van der Waals surface area contributed by atoms with E-state index in [0.29, 0.717) is 63.9 Å². The summed E-state index contributed by atoms with van der Waals surface area (Å²) in [7, 11) is 2.82. The van der Waals surface area contributed by atoms with Crippen molar-refractivity contribution < 1.29 is 38.5 Å². The fraction of sp³-hybridized carbons (Fsp3) is 0.500. The van der Waals surface area contributed by atoms with Crippen molar-refractivity contribution in [1.29, 1.82) is 0 Å². The molecule has 8 atom stereocenters. The summed E-state index contributed by atoms with van der Waals surface area (Å²) >= 11 is 0. The van der Waals surface area contributed by atoms with Gasteiger partial charge in [-0.2, -0.15) is 0 Å². The molecule has 0 radical (unpaired) electrons. The summed E-state index contributed by atoms with van der Waals surface area (Å²) in [6.45, 7) is 2.16. The van der Waals surface area contributed by atoms with E-state index in [4.69, 9.17) is 24.2 Å². The summed E-state index contributed by atoms with van der Waals surface area (Å²) in [6.07, 6.45) is 4.46. The van der Waals surface area contributed by atoms with Gasteiger partial charge >= 0.3 is 12.2 Å². The van der Waals surface area contributed by atoms with Gasteiger partial charge in [-0.25, -0.2) is 19.6 Å². The Morgan fingerprint density at radius 1 is 0.781 bits per heavy atom. The molecule has 4 N–H and O–H groups in total. The second kappa shape index (κ2) is 16.1. The number of fused-ring (bicyclic) bond motifs is 6. The zero-order chi connectivity index (χ0) is 43.8. The van der Waals surface area contributed by atoms with Crippen LogP contribution in [0, 0.1) is 35.5 Å². The minimum absolute atomic E-state index is 0.0352. The van der Waals surface area contributed by atoms with Gasteiger partial charge in [0.15, 0.2) is 0 Å². The number of ether oxygens (including phenoxy) is 3. The van der Waals surface area contributed by atoms with E-state index in [0.717, 1.165) is 81.3 Å². The molecular formula is C48H52N8O8. The van der Waals surface area contributed by atoms with Crippen molar-refractivity contribution in [2.24, 2.45) is 23.7 Å². The summed E-state index contributed by atoms with van der Waals surface area (Å²) in [5.74, 6) is 8.58. The maximum Gasteiger partial charge on any atom is 0.407 e. The van der Waals surface area contributed by atoms with E-state index in [-0.39, 0.29) is 47.8 Å². The third-order valence-electron chi connectivity index (χ3n) is 14.8. The van der Waals surface area contributed by atoms with E-state index in [9.17, 15) is 24.3 Å². The van der Waals surface area contributed by atoms with Gasteiger partial charge in [0.1, 0.15) is 23.7 Å². The first-order valence-electron chi connectivity index (χ1n) is 22.7. The fourth-order valence-corrected chi connectivity index (χ4v) is 11.3. The van der Waals surface area contributed by atoms with Crippen molar-refractivity contribution >= 4 is 56.8 Å². The van der Waals surface area contributed by atoms with Crippen LogP contribution in [0.2, 0.25) is 0 Å². The van der Waals surface area contributed by atoms with Crippen molar-refractivity contribution in [2.75, 3.05) is 40.6 Å². The van der Waals surface area contributed by atoms with E-state index < -0.39 is 24.3 Å². The number of H-pyrrole nitrogens is 2. The highest BCUT2D eigenvalue weighted by Crippen LogP contribution is 2.55. The summed E-state index contributed by atoms with van der Waals surface area (Å²) in [4.78, 5) is 75.5. The molecule has 2 saturated carbocycles. The van der Waals surface area contributed by atoms with E-state index in [1.165, 1.54) is 19.1 Å². The molecule has 6 heterocycles. The van der Waals surface area contributed by atoms with Gasteiger partial charge in [0.05, 0.1) is 41.3 Å². The standard InChI is InChI=1S/C48H52N8O8/c1-54(48(60)61)42(28-13-17-64-18-14-28)46(58)56-37-22-31(37)24-39(56)44-50-34-10-7-29-19-25(5-8-32(29)41(34)52-44)3-4-26-6-9-33-35(20-26)51-43(49-33)38-23-30-21-36(30)55(38)45(57)40(53-47(59)62-2)27-11-15-63-16-12-27/h5-10,19-20,27-28,30-31,36-40,42H,11-18,21-24H2,1-2H3,(H,49,51)(H,50,52)(H,53,59)(H,60,61)/t30-,31-,36-,37-,38+,39+,40+,42+/m1/s1. The first-order valence-corrected chi connectivity index (χ1v) is 22.7. The molecule has 4 saturated heterocycles. The fourth-order valence-electron chi connectivity index (χ4n) is 11.3. The number of alkyl carbamates (subject to hydrolysis) is 1. The molecule has 2 aromatic heterocycles. The number of likely N-dealkylation sites (tertiary alicyclic amines) is 2. The molecule has 4 aliphatic heterocycles. The molecular weight excluding hydrogens is 817 g/mol. The predicted octanol–water partition coefficient (Wildman–Crippen LogP) is 5.87. The quantitative estimate of drug-likeness (QED) is 0.137. The molecule has 0 spiro atoms. The molecule has 4 amide bonds. The van der Waals surface area contributed by atoms with Crippen LogP contribution in [0.25, 0.3) is 32.8 Å². The van der Waals surface area contributed by atoms with Gasteiger partial charge in [0.2, 0.25) is 11.8 Å². The van der Waals surface area contributed by atoms with Gasteiger partial charge in [0, 0.05) is 62.1 Å². The number of carbonyl (C=O) groups is 4. The van der Waals surface area contributed by atoms with Gasteiger partial charge in [-0.05, 0) is 117 Å². The lowest BCUT2D eigenvalue weighted by molar-refractivity contribution is -0.141. The number of nitrogens with one attached hydrogen (secondary N) is 3. The molecule has 16 nitrogen and oxygen atoms in total. The van der Waals surface area contributed by atoms with Crippen LogP contribution >= 0.6 is 0 Å². The largest absolute Gasteiger partial charge is 0.465 e. The number of carboxylic acid groups (broad SMARTS) is 1. The van der Waals surface area contributed by atoms with Crippen LogP contribution in [0.3, 0.4) is 0 Å². The Balaban J connectivity index is 0.819. The second-order valence-corrected chi connectivity index (χ2v) is 18.6. The van der Waals surface area contributed by atoms with Crippen molar-refractivity contribution in [3.05, 3.63) is 71.3 Å². The van der Waals surface area contributed by atoms with Gasteiger partial charge in [-0.15, -0.1) is 0 Å². The maximum atomic E-state index is 14.4. The number of imidazole rings is 2. The molecule has 6 fully saturated rings. The molecule has 64 heavy (non-hydrogen) atoms. The number of amides is 4. The zero-order valence-corrected chi connectivity index (χ0v) is 35.9. The molecule has 6 aliphatic rings. The van der Waals surface area contributed by atoms with Gasteiger partial charge < -0.3 is 44.4 Å². The molecule has 0 bridgehead atoms. The Hall–Kier alpha value is -6.18. The SMILES string of the molecule is COC(=O)N[C@H](C(=O)N1[C@@H]2C[C@@H]2C[C@H]1c1nc2ccc(C#Cc3ccc4c(ccc5[nH]c([C@@H]6C[C@H]7C[C@H]7N6C(=O)[C@H](C6CCOCC6)N(C)C(=O)O)nc54)c3)cc2[nH]1)C1CCOCC1. The maximum absolute atomic E-state index is 14.4. The molecule has 0 unspecified atom stereocenters. The number of benzene rings is 3. The van der Waals surface area contributed by atoms with E-state index in [2.05, 4.69) is 39.3 Å². The number of piperidine rings is 2. The minimum Gasteiger partial charge on any atom is -0.465 e. The summed E-state index contributed by atoms with van der Waals surface area (Å²) < 4.78 is 16.0. The Labute approximate surface area is 369 Å². The van der Waals surface area contributed by atoms with Crippen LogP contribution in [0.5, 0.6) is 0 Å². The monoisotopic (exact) mass is 868 g/mol. The second-order valence-electron chi connectivity index (χ2n) is 18.6. The lowest BCUT2D eigenvalue weighted by Crippen LogP contribution is -2.54. The van der Waals surface area contributed by atoms with E-state index >= 15 is 0 Å². The van der Waals surface area contributed by atoms with Crippen molar-refractivity contribution in [3.8, 4) is 11.8 Å². The number of hydrogen-bond donors (Lipinski definition) is 4. The Kier molecular flexibility index (Phi) is 10.2. The summed E-state index contributed by atoms with van der Waals surface area (Å²) in [5, 5.41) is 14.8. The van der Waals surface area contributed by atoms with Crippen LogP contribution in [-0.2, 0) is 23.8 Å². The number of carbonyl (C=O) groups excluding carboxylic acids is 3. The molecule has 11 rings (SSSR count). The third kappa shape index (κ3) is 7.28. The van der Waals surface area contributed by atoms with Gasteiger partial charge in [-0.3, -0.25) is 14.5 Å². The zero-order valence-electron chi connectivity index (χ0n) is 35.9. The average Bonchev–Trinajstić information content (AvgIpc) is 3.97. The molecule has 332 valence electrons. The lowest BCUT2D eigenvalue weighted by Gasteiger charge is -2.38. The van der Waals surface area contributed by atoms with Crippen LogP contribution < -0.4 is 5.32 Å². The molecule has 3 aromatic carbocycles. The minimum atomic E-state index is -1.11. The number of methoxy groups -OCH3 is 1. The Bertz CT molecular complexity index is 2740. The lowest BCUT2D eigenvalue weighted by atomic mass is 9.89. The normalized spacial score (nSPS) is 26.2. The smallest absolute Gasteiger partial charge is 0.407 e. The van der Waals surface area contributed by atoms with Crippen LogP contribution in [0.15, 0.2) is 48.5 Å². The molecule has 5 aromatic rings. The third-order valence-corrected chi connectivity index (χ3v) is 14.8.